The topological polar surface area (TPSA) is 39.2 Å². The Morgan fingerprint density at radius 1 is 1.35 bits per heavy atom. The first-order valence-electron chi connectivity index (χ1n) is 6.34. The summed E-state index contributed by atoms with van der Waals surface area (Å²) in [5, 5.41) is 2.83. The van der Waals surface area contributed by atoms with E-state index in [4.69, 9.17) is 4.74 Å². The van der Waals surface area contributed by atoms with E-state index in [-0.39, 0.29) is 5.97 Å². The molecule has 0 atom stereocenters. The van der Waals surface area contributed by atoms with Gasteiger partial charge in [-0.3, -0.25) is 4.79 Å². The van der Waals surface area contributed by atoms with Crippen molar-refractivity contribution in [2.75, 3.05) is 6.61 Å². The zero-order valence-electron chi connectivity index (χ0n) is 11.6. The van der Waals surface area contributed by atoms with Gasteiger partial charge in [-0.05, 0) is 32.9 Å². The Morgan fingerprint density at radius 3 is 2.60 bits per heavy atom. The van der Waals surface area contributed by atoms with Crippen LogP contribution >= 0.6 is 27.3 Å². The molecule has 0 radical (unpaired) electrons. The Balaban J connectivity index is 2.28. The second-order valence-electron chi connectivity index (χ2n) is 4.89. The minimum Gasteiger partial charge on any atom is -0.465 e. The van der Waals surface area contributed by atoms with Gasteiger partial charge in [-0.2, -0.15) is 0 Å². The number of nitrogens with zero attached hydrogens (tertiary/aromatic N) is 1. The maximum atomic E-state index is 12.0. The van der Waals surface area contributed by atoms with E-state index in [1.54, 1.807) is 0 Å². The third-order valence-electron chi connectivity index (χ3n) is 3.02. The number of halogens is 1. The molecular weight excluding hydrogens is 338 g/mol. The molecule has 0 fully saturated rings. The second kappa shape index (κ2) is 6.06. The highest BCUT2D eigenvalue weighted by Crippen LogP contribution is 2.31. The van der Waals surface area contributed by atoms with Crippen molar-refractivity contribution in [1.82, 2.24) is 4.98 Å². The number of hydrogen-bond acceptors (Lipinski definition) is 4. The minimum absolute atomic E-state index is 0.243. The molecule has 1 aromatic carbocycles. The molecule has 0 amide bonds. The molecule has 0 aliphatic rings. The Bertz CT molecular complexity index is 605. The monoisotopic (exact) mass is 353 g/mol. The van der Waals surface area contributed by atoms with E-state index in [1.165, 1.54) is 11.3 Å². The van der Waals surface area contributed by atoms with Crippen LogP contribution in [-0.4, -0.2) is 17.6 Å². The van der Waals surface area contributed by atoms with E-state index in [9.17, 15) is 4.79 Å². The predicted octanol–water partition coefficient (Wildman–Crippen LogP) is 4.41. The standard InChI is InChI=1S/C15H16BrNO2S/c1-4-19-14(18)15(2,3)12-9-20-13(17-12)10-5-7-11(16)8-6-10/h5-9H,4H2,1-3H3. The lowest BCUT2D eigenvalue weighted by Gasteiger charge is -2.19. The number of thiazole rings is 1. The molecule has 0 bridgehead atoms. The first-order valence-corrected chi connectivity index (χ1v) is 8.01. The van der Waals surface area contributed by atoms with Gasteiger partial charge in [-0.15, -0.1) is 11.3 Å². The lowest BCUT2D eigenvalue weighted by Crippen LogP contribution is -2.31. The predicted molar refractivity (Wildman–Crippen MR) is 84.9 cm³/mol. The summed E-state index contributed by atoms with van der Waals surface area (Å²) in [6, 6.07) is 7.97. The summed E-state index contributed by atoms with van der Waals surface area (Å²) in [6.07, 6.45) is 0. The van der Waals surface area contributed by atoms with Crippen LogP contribution in [0.4, 0.5) is 0 Å². The number of rotatable bonds is 4. The van der Waals surface area contributed by atoms with Gasteiger partial charge < -0.3 is 4.74 Å². The molecule has 1 aromatic heterocycles. The number of carbonyl (C=O) groups excluding carboxylic acids is 1. The highest BCUT2D eigenvalue weighted by Gasteiger charge is 2.33. The number of hydrogen-bond donors (Lipinski definition) is 0. The third-order valence-corrected chi connectivity index (χ3v) is 4.44. The van der Waals surface area contributed by atoms with E-state index >= 15 is 0 Å². The minimum atomic E-state index is -0.722. The van der Waals surface area contributed by atoms with Gasteiger partial charge in [0.2, 0.25) is 0 Å². The van der Waals surface area contributed by atoms with Crippen LogP contribution in [0.15, 0.2) is 34.1 Å². The third kappa shape index (κ3) is 3.10. The maximum absolute atomic E-state index is 12.0. The molecular formula is C15H16BrNO2S. The molecule has 0 saturated heterocycles. The normalized spacial score (nSPS) is 11.4. The molecule has 0 N–H and O–H groups in total. The molecule has 2 aromatic rings. The Labute approximate surface area is 131 Å². The molecule has 1 heterocycles. The fourth-order valence-corrected chi connectivity index (χ4v) is 2.96. The fourth-order valence-electron chi connectivity index (χ4n) is 1.70. The molecule has 0 aliphatic carbocycles. The van der Waals surface area contributed by atoms with Crippen LogP contribution in [-0.2, 0) is 14.9 Å². The largest absolute Gasteiger partial charge is 0.465 e. The average Bonchev–Trinajstić information content (AvgIpc) is 2.90. The van der Waals surface area contributed by atoms with Crippen molar-refractivity contribution < 1.29 is 9.53 Å². The second-order valence-corrected chi connectivity index (χ2v) is 6.66. The fraction of sp³-hybridized carbons (Fsp3) is 0.333. The molecule has 2 rings (SSSR count). The van der Waals surface area contributed by atoms with Crippen molar-refractivity contribution in [2.24, 2.45) is 0 Å². The van der Waals surface area contributed by atoms with E-state index in [0.717, 1.165) is 20.7 Å². The van der Waals surface area contributed by atoms with Gasteiger partial charge in [0.25, 0.3) is 0 Å². The average molecular weight is 354 g/mol. The summed E-state index contributed by atoms with van der Waals surface area (Å²) in [5.41, 5.74) is 1.07. The summed E-state index contributed by atoms with van der Waals surface area (Å²) >= 11 is 4.95. The summed E-state index contributed by atoms with van der Waals surface area (Å²) < 4.78 is 6.14. The van der Waals surface area contributed by atoms with Crippen molar-refractivity contribution >= 4 is 33.2 Å². The SMILES string of the molecule is CCOC(=O)C(C)(C)c1csc(-c2ccc(Br)cc2)n1. The highest BCUT2D eigenvalue weighted by atomic mass is 79.9. The van der Waals surface area contributed by atoms with Gasteiger partial charge in [0.15, 0.2) is 0 Å². The zero-order valence-corrected chi connectivity index (χ0v) is 14.0. The Morgan fingerprint density at radius 2 is 2.00 bits per heavy atom. The molecule has 3 nitrogen and oxygen atoms in total. The number of ether oxygens (including phenoxy) is 1. The van der Waals surface area contributed by atoms with Crippen LogP contribution in [0.5, 0.6) is 0 Å². The van der Waals surface area contributed by atoms with E-state index < -0.39 is 5.41 Å². The number of benzene rings is 1. The smallest absolute Gasteiger partial charge is 0.317 e. The van der Waals surface area contributed by atoms with Crippen molar-refractivity contribution in [1.29, 1.82) is 0 Å². The molecule has 0 saturated carbocycles. The van der Waals surface area contributed by atoms with Crippen LogP contribution in [0, 0.1) is 0 Å². The van der Waals surface area contributed by atoms with Crippen molar-refractivity contribution in [3.05, 3.63) is 39.8 Å². The molecule has 0 aliphatic heterocycles. The summed E-state index contributed by atoms with van der Waals surface area (Å²) in [6.45, 7) is 5.87. The molecule has 20 heavy (non-hydrogen) atoms. The summed E-state index contributed by atoms with van der Waals surface area (Å²) in [5.74, 6) is -0.243. The summed E-state index contributed by atoms with van der Waals surface area (Å²) in [7, 11) is 0. The van der Waals surface area contributed by atoms with Gasteiger partial charge >= 0.3 is 5.97 Å². The van der Waals surface area contributed by atoms with Crippen molar-refractivity contribution in [3.8, 4) is 10.6 Å². The van der Waals surface area contributed by atoms with Crippen molar-refractivity contribution in [2.45, 2.75) is 26.2 Å². The van der Waals surface area contributed by atoms with Gasteiger partial charge in [-0.25, -0.2) is 4.98 Å². The lowest BCUT2D eigenvalue weighted by molar-refractivity contribution is -0.148. The van der Waals surface area contributed by atoms with Gasteiger partial charge in [0, 0.05) is 15.4 Å². The van der Waals surface area contributed by atoms with E-state index in [0.29, 0.717) is 6.61 Å². The summed E-state index contributed by atoms with van der Waals surface area (Å²) in [4.78, 5) is 16.6. The molecule has 0 spiro atoms. The highest BCUT2D eigenvalue weighted by molar-refractivity contribution is 9.10. The first-order chi connectivity index (χ1) is 9.45. The number of esters is 1. The van der Waals surface area contributed by atoms with Crippen LogP contribution in [0.3, 0.4) is 0 Å². The van der Waals surface area contributed by atoms with E-state index in [1.807, 2.05) is 50.4 Å². The van der Waals surface area contributed by atoms with Crippen LogP contribution in [0.2, 0.25) is 0 Å². The van der Waals surface area contributed by atoms with Crippen LogP contribution < -0.4 is 0 Å². The van der Waals surface area contributed by atoms with Crippen LogP contribution in [0.25, 0.3) is 10.6 Å². The van der Waals surface area contributed by atoms with Crippen LogP contribution in [0.1, 0.15) is 26.5 Å². The zero-order chi connectivity index (χ0) is 14.8. The maximum Gasteiger partial charge on any atom is 0.317 e. The molecule has 106 valence electrons. The number of carbonyl (C=O) groups is 1. The Kier molecular flexibility index (Phi) is 4.60. The molecule has 0 unspecified atom stereocenters. The van der Waals surface area contributed by atoms with E-state index in [2.05, 4.69) is 20.9 Å². The lowest BCUT2D eigenvalue weighted by atomic mass is 9.90. The van der Waals surface area contributed by atoms with Gasteiger partial charge in [-0.1, -0.05) is 28.1 Å². The number of aromatic nitrogens is 1. The molecule has 5 heteroatoms. The first kappa shape index (κ1) is 15.2. The van der Waals surface area contributed by atoms with Crippen molar-refractivity contribution in [3.63, 3.8) is 0 Å². The van der Waals surface area contributed by atoms with Gasteiger partial charge in [0.05, 0.1) is 12.3 Å². The quantitative estimate of drug-likeness (QED) is 0.764. The van der Waals surface area contributed by atoms with Gasteiger partial charge in [0.1, 0.15) is 10.4 Å². The Hall–Kier alpha value is -1.20.